The standard InChI is InChI=1S/C38H44N4O5/c1-4-12-33-36(35(34(28(2)39-33)37(44)47-3)29-17-19-32(20-18-29)42(45)46)41(27-43)24-11-23-40-25-21-38(22-26-40,30-13-7-5-8-14-30)31-15-9-6-10-16-31/h5-10,13-20,27,35,39H,4,11-12,21-26H2,1-3H3. The van der Waals surface area contributed by atoms with Gasteiger partial charge in [-0.1, -0.05) is 86.1 Å². The molecule has 246 valence electrons. The number of methoxy groups -OCH3 is 1. The van der Waals surface area contributed by atoms with Gasteiger partial charge in [-0.3, -0.25) is 14.9 Å². The van der Waals surface area contributed by atoms with Gasteiger partial charge in [0.15, 0.2) is 0 Å². The maximum Gasteiger partial charge on any atom is 0.336 e. The summed E-state index contributed by atoms with van der Waals surface area (Å²) in [7, 11) is 1.33. The Morgan fingerprint density at radius 3 is 2.13 bits per heavy atom. The number of amides is 1. The number of likely N-dealkylation sites (tertiary alicyclic amines) is 1. The Hall–Kier alpha value is -4.76. The number of nitro benzene ring substituents is 1. The van der Waals surface area contributed by atoms with Crippen molar-refractivity contribution >= 4 is 18.1 Å². The number of ether oxygens (including phenoxy) is 1. The Balaban J connectivity index is 1.36. The van der Waals surface area contributed by atoms with Crippen molar-refractivity contribution in [2.45, 2.75) is 57.3 Å². The van der Waals surface area contributed by atoms with E-state index in [1.807, 2.05) is 6.92 Å². The van der Waals surface area contributed by atoms with E-state index in [-0.39, 0.29) is 11.1 Å². The Bertz CT molecular complexity index is 1570. The van der Waals surface area contributed by atoms with Crippen LogP contribution in [0.3, 0.4) is 0 Å². The van der Waals surface area contributed by atoms with Crippen molar-refractivity contribution in [2.75, 3.05) is 33.3 Å². The number of allylic oxidation sites excluding steroid dienone is 3. The minimum absolute atomic E-state index is 0.0338. The number of piperidine rings is 1. The first-order valence-electron chi connectivity index (χ1n) is 16.4. The molecule has 1 fully saturated rings. The molecule has 2 heterocycles. The van der Waals surface area contributed by atoms with Crippen molar-refractivity contribution in [3.63, 3.8) is 0 Å². The van der Waals surface area contributed by atoms with Crippen LogP contribution in [-0.2, 0) is 19.7 Å². The van der Waals surface area contributed by atoms with E-state index in [1.54, 1.807) is 17.0 Å². The predicted octanol–water partition coefficient (Wildman–Crippen LogP) is 6.67. The highest BCUT2D eigenvalue weighted by molar-refractivity contribution is 5.92. The SMILES string of the molecule is CCCC1=C(N(C=O)CCCN2CCC(c3ccccc3)(c3ccccc3)CC2)C(c2ccc([N+](=O)[O-])cc2)C(C(=O)OC)=C(C)N1. The topological polar surface area (TPSA) is 105 Å². The van der Waals surface area contributed by atoms with Crippen LogP contribution < -0.4 is 5.32 Å². The molecule has 0 spiro atoms. The molecule has 0 aliphatic carbocycles. The van der Waals surface area contributed by atoms with Gasteiger partial charge >= 0.3 is 5.97 Å². The van der Waals surface area contributed by atoms with Crippen LogP contribution in [0, 0.1) is 10.1 Å². The second kappa shape index (κ2) is 15.2. The van der Waals surface area contributed by atoms with Crippen LogP contribution in [0.2, 0.25) is 0 Å². The average molecular weight is 637 g/mol. The van der Waals surface area contributed by atoms with Gasteiger partial charge in [-0.05, 0) is 68.9 Å². The van der Waals surface area contributed by atoms with Gasteiger partial charge in [-0.25, -0.2) is 4.79 Å². The Labute approximate surface area is 277 Å². The second-order valence-electron chi connectivity index (χ2n) is 12.4. The Morgan fingerprint density at radius 1 is 1.02 bits per heavy atom. The number of dihydropyridines is 1. The summed E-state index contributed by atoms with van der Waals surface area (Å²) in [6.07, 6.45) is 5.08. The fourth-order valence-electron chi connectivity index (χ4n) is 7.27. The van der Waals surface area contributed by atoms with E-state index < -0.39 is 16.8 Å². The molecule has 3 aromatic rings. The predicted molar refractivity (Wildman–Crippen MR) is 182 cm³/mol. The van der Waals surface area contributed by atoms with E-state index in [1.165, 1.54) is 30.4 Å². The summed E-state index contributed by atoms with van der Waals surface area (Å²) in [6, 6.07) is 27.8. The first-order chi connectivity index (χ1) is 22.8. The zero-order valence-electron chi connectivity index (χ0n) is 27.5. The van der Waals surface area contributed by atoms with Crippen molar-refractivity contribution in [1.82, 2.24) is 15.1 Å². The summed E-state index contributed by atoms with van der Waals surface area (Å²) in [6.45, 7) is 7.06. The quantitative estimate of drug-likeness (QED) is 0.0967. The number of carbonyl (C=O) groups excluding carboxylic acids is 2. The largest absolute Gasteiger partial charge is 0.466 e. The lowest BCUT2D eigenvalue weighted by molar-refractivity contribution is -0.384. The van der Waals surface area contributed by atoms with Gasteiger partial charge < -0.3 is 19.9 Å². The van der Waals surface area contributed by atoms with Crippen molar-refractivity contribution in [3.05, 3.63) is 134 Å². The molecule has 9 nitrogen and oxygen atoms in total. The zero-order chi connectivity index (χ0) is 33.4. The number of benzene rings is 3. The maximum absolute atomic E-state index is 13.2. The van der Waals surface area contributed by atoms with Crippen LogP contribution in [0.1, 0.15) is 68.6 Å². The fourth-order valence-corrected chi connectivity index (χ4v) is 7.27. The minimum atomic E-state index is -0.622. The highest BCUT2D eigenvalue weighted by atomic mass is 16.6. The molecule has 0 radical (unpaired) electrons. The number of nitrogens with one attached hydrogen (secondary N) is 1. The Morgan fingerprint density at radius 2 is 1.62 bits per heavy atom. The number of hydrogen-bond donors (Lipinski definition) is 1. The number of nitro groups is 1. The van der Waals surface area contributed by atoms with Crippen molar-refractivity contribution in [3.8, 4) is 0 Å². The first-order valence-corrected chi connectivity index (χ1v) is 16.4. The number of nitrogens with zero attached hydrogens (tertiary/aromatic N) is 3. The summed E-state index contributed by atoms with van der Waals surface area (Å²) >= 11 is 0. The van der Waals surface area contributed by atoms with Crippen LogP contribution >= 0.6 is 0 Å². The minimum Gasteiger partial charge on any atom is -0.466 e. The second-order valence-corrected chi connectivity index (χ2v) is 12.4. The van der Waals surface area contributed by atoms with Gasteiger partial charge in [0.2, 0.25) is 6.41 Å². The molecule has 0 aromatic heterocycles. The number of carbonyl (C=O) groups is 2. The molecule has 47 heavy (non-hydrogen) atoms. The molecule has 9 heteroatoms. The maximum atomic E-state index is 13.2. The molecule has 0 saturated carbocycles. The third-order valence-electron chi connectivity index (χ3n) is 9.63. The summed E-state index contributed by atoms with van der Waals surface area (Å²) in [5.41, 5.74) is 5.88. The van der Waals surface area contributed by atoms with E-state index in [0.717, 1.165) is 57.4 Å². The smallest absolute Gasteiger partial charge is 0.336 e. The highest BCUT2D eigenvalue weighted by Crippen LogP contribution is 2.43. The van der Waals surface area contributed by atoms with Gasteiger partial charge in [0, 0.05) is 35.5 Å². The highest BCUT2D eigenvalue weighted by Gasteiger charge is 2.39. The fraction of sp³-hybridized carbons (Fsp3) is 0.368. The van der Waals surface area contributed by atoms with E-state index in [2.05, 4.69) is 77.8 Å². The first kappa shape index (κ1) is 33.6. The molecular weight excluding hydrogens is 592 g/mol. The van der Waals surface area contributed by atoms with Crippen LogP contribution in [-0.4, -0.2) is 60.4 Å². The third-order valence-corrected chi connectivity index (χ3v) is 9.63. The lowest BCUT2D eigenvalue weighted by Crippen LogP contribution is -2.44. The number of hydrogen-bond acceptors (Lipinski definition) is 7. The van der Waals surface area contributed by atoms with E-state index in [4.69, 9.17) is 4.74 Å². The van der Waals surface area contributed by atoms with Crippen LogP contribution in [0.15, 0.2) is 108 Å². The van der Waals surface area contributed by atoms with Crippen molar-refractivity contribution in [1.29, 1.82) is 0 Å². The van der Waals surface area contributed by atoms with E-state index in [9.17, 15) is 19.7 Å². The normalized spacial score (nSPS) is 18.0. The molecule has 1 N–H and O–H groups in total. The molecule has 2 aliphatic heterocycles. The average Bonchev–Trinajstić information content (AvgIpc) is 3.11. The molecule has 3 aromatic carbocycles. The van der Waals surface area contributed by atoms with Gasteiger partial charge in [-0.15, -0.1) is 0 Å². The van der Waals surface area contributed by atoms with E-state index in [0.29, 0.717) is 35.5 Å². The summed E-state index contributed by atoms with van der Waals surface area (Å²) in [4.78, 5) is 41.1. The van der Waals surface area contributed by atoms with Crippen molar-refractivity contribution < 1.29 is 19.2 Å². The lowest BCUT2D eigenvalue weighted by atomic mass is 9.68. The van der Waals surface area contributed by atoms with Gasteiger partial charge in [0.1, 0.15) is 0 Å². The van der Waals surface area contributed by atoms with Crippen LogP contribution in [0.5, 0.6) is 0 Å². The molecule has 0 bridgehead atoms. The van der Waals surface area contributed by atoms with Crippen LogP contribution in [0.25, 0.3) is 0 Å². The summed E-state index contributed by atoms with van der Waals surface area (Å²) in [5, 5.41) is 14.8. The van der Waals surface area contributed by atoms with Crippen molar-refractivity contribution in [2.24, 2.45) is 0 Å². The number of rotatable bonds is 13. The third kappa shape index (κ3) is 7.15. The van der Waals surface area contributed by atoms with Gasteiger partial charge in [0.05, 0.1) is 29.2 Å². The number of non-ortho nitro benzene ring substituents is 1. The summed E-state index contributed by atoms with van der Waals surface area (Å²) < 4.78 is 5.19. The van der Waals surface area contributed by atoms with E-state index >= 15 is 0 Å². The zero-order valence-corrected chi connectivity index (χ0v) is 27.5. The monoisotopic (exact) mass is 636 g/mol. The molecule has 5 rings (SSSR count). The van der Waals surface area contributed by atoms with Crippen LogP contribution in [0.4, 0.5) is 5.69 Å². The molecule has 2 aliphatic rings. The molecule has 1 saturated heterocycles. The lowest BCUT2D eigenvalue weighted by Gasteiger charge is -2.43. The van der Waals surface area contributed by atoms with Gasteiger partial charge in [0.25, 0.3) is 5.69 Å². The van der Waals surface area contributed by atoms with Gasteiger partial charge in [-0.2, -0.15) is 0 Å². The summed E-state index contributed by atoms with van der Waals surface area (Å²) in [5.74, 6) is -1.13. The Kier molecular flexibility index (Phi) is 10.9. The molecule has 1 atom stereocenters. The molecule has 1 unspecified atom stereocenters. The molecule has 1 amide bonds. The number of esters is 1. The molecular formula is C38H44N4O5.